The van der Waals surface area contributed by atoms with E-state index in [0.29, 0.717) is 39.1 Å². The Morgan fingerprint density at radius 3 is 2.36 bits per heavy atom. The van der Waals surface area contributed by atoms with Gasteiger partial charge < -0.3 is 15.1 Å². The number of urea groups is 1. The van der Waals surface area contributed by atoms with Crippen LogP contribution >= 0.6 is 0 Å². The zero-order chi connectivity index (χ0) is 16.1. The molecule has 120 valence electrons. The quantitative estimate of drug-likeness (QED) is 0.924. The molecule has 0 saturated carbocycles. The van der Waals surface area contributed by atoms with Gasteiger partial charge >= 0.3 is 6.03 Å². The van der Waals surface area contributed by atoms with Gasteiger partial charge in [-0.1, -0.05) is 23.8 Å². The largest absolute Gasteiger partial charge is 0.339 e. The molecule has 0 radical (unpaired) electrons. The molecular formula is C17H25N3O2. The summed E-state index contributed by atoms with van der Waals surface area (Å²) in [6.07, 6.45) is 0.439. The highest BCUT2D eigenvalue weighted by Gasteiger charge is 2.23. The molecule has 5 nitrogen and oxygen atoms in total. The normalized spacial score (nSPS) is 14.9. The lowest BCUT2D eigenvalue weighted by atomic mass is 10.0. The van der Waals surface area contributed by atoms with Gasteiger partial charge in [-0.2, -0.15) is 0 Å². The number of amides is 3. The number of nitrogens with zero attached hydrogens (tertiary/aromatic N) is 2. The van der Waals surface area contributed by atoms with E-state index in [4.69, 9.17) is 0 Å². The summed E-state index contributed by atoms with van der Waals surface area (Å²) in [5.41, 5.74) is 3.42. The summed E-state index contributed by atoms with van der Waals surface area (Å²) < 4.78 is 0. The average molecular weight is 303 g/mol. The molecule has 1 aliphatic rings. The number of benzene rings is 1. The van der Waals surface area contributed by atoms with Crippen molar-refractivity contribution >= 4 is 11.9 Å². The van der Waals surface area contributed by atoms with Gasteiger partial charge in [-0.05, 0) is 31.9 Å². The van der Waals surface area contributed by atoms with Crippen LogP contribution in [0, 0.1) is 13.8 Å². The summed E-state index contributed by atoms with van der Waals surface area (Å²) in [6, 6.07) is 6.17. The first-order chi connectivity index (χ1) is 10.5. The van der Waals surface area contributed by atoms with E-state index < -0.39 is 0 Å². The molecule has 0 atom stereocenters. The zero-order valence-electron chi connectivity index (χ0n) is 13.7. The van der Waals surface area contributed by atoms with Crippen molar-refractivity contribution in [2.45, 2.75) is 27.2 Å². The predicted octanol–water partition coefficient (Wildman–Crippen LogP) is 1.72. The van der Waals surface area contributed by atoms with Gasteiger partial charge in [0, 0.05) is 32.7 Å². The number of carbonyl (C=O) groups is 2. The summed E-state index contributed by atoms with van der Waals surface area (Å²) in [5.74, 6) is 0.143. The molecule has 3 amide bonds. The van der Waals surface area contributed by atoms with Gasteiger partial charge in [0.25, 0.3) is 0 Å². The molecule has 0 bridgehead atoms. The summed E-state index contributed by atoms with van der Waals surface area (Å²) in [5, 5.41) is 2.80. The molecule has 5 heteroatoms. The topological polar surface area (TPSA) is 52.7 Å². The molecule has 22 heavy (non-hydrogen) atoms. The lowest BCUT2D eigenvalue weighted by Gasteiger charge is -2.34. The number of nitrogens with one attached hydrogen (secondary N) is 1. The molecule has 0 aromatic heterocycles. The maximum atomic E-state index is 12.4. The number of aryl methyl sites for hydroxylation is 2. The second-order valence-corrected chi connectivity index (χ2v) is 5.81. The van der Waals surface area contributed by atoms with E-state index in [0.717, 1.165) is 11.1 Å². The van der Waals surface area contributed by atoms with Crippen LogP contribution in [0.5, 0.6) is 0 Å². The van der Waals surface area contributed by atoms with Crippen molar-refractivity contribution in [1.29, 1.82) is 0 Å². The Kier molecular flexibility index (Phi) is 5.41. The second-order valence-electron chi connectivity index (χ2n) is 5.81. The Morgan fingerprint density at radius 2 is 1.73 bits per heavy atom. The maximum Gasteiger partial charge on any atom is 0.317 e. The fourth-order valence-corrected chi connectivity index (χ4v) is 2.69. The Hall–Kier alpha value is -2.04. The first-order valence-corrected chi connectivity index (χ1v) is 7.88. The highest BCUT2D eigenvalue weighted by molar-refractivity contribution is 5.80. The van der Waals surface area contributed by atoms with Gasteiger partial charge in [-0.15, -0.1) is 0 Å². The van der Waals surface area contributed by atoms with E-state index in [-0.39, 0.29) is 11.9 Å². The van der Waals surface area contributed by atoms with Crippen LogP contribution in [0.2, 0.25) is 0 Å². The Bertz CT molecular complexity index is 549. The number of hydrogen-bond donors (Lipinski definition) is 1. The monoisotopic (exact) mass is 303 g/mol. The Morgan fingerprint density at radius 1 is 1.09 bits per heavy atom. The van der Waals surface area contributed by atoms with Crippen LogP contribution in [0.4, 0.5) is 4.79 Å². The SMILES string of the molecule is CCNC(=O)N1CCN(C(=O)Cc2cc(C)ccc2C)CC1. The molecule has 1 heterocycles. The predicted molar refractivity (Wildman–Crippen MR) is 86.8 cm³/mol. The molecular weight excluding hydrogens is 278 g/mol. The molecule has 1 saturated heterocycles. The Balaban J connectivity index is 1.90. The van der Waals surface area contributed by atoms with Gasteiger partial charge in [0.2, 0.25) is 5.91 Å². The fraction of sp³-hybridized carbons (Fsp3) is 0.529. The minimum absolute atomic E-state index is 0.0378. The third kappa shape index (κ3) is 4.00. The van der Waals surface area contributed by atoms with Gasteiger partial charge in [0.1, 0.15) is 0 Å². The van der Waals surface area contributed by atoms with Crippen LogP contribution < -0.4 is 5.32 Å². The lowest BCUT2D eigenvalue weighted by Crippen LogP contribution is -2.53. The van der Waals surface area contributed by atoms with Crippen LogP contribution in [-0.2, 0) is 11.2 Å². The minimum Gasteiger partial charge on any atom is -0.339 e. The van der Waals surface area contributed by atoms with Crippen molar-refractivity contribution in [3.05, 3.63) is 34.9 Å². The smallest absolute Gasteiger partial charge is 0.317 e. The molecule has 0 unspecified atom stereocenters. The van der Waals surface area contributed by atoms with Crippen molar-refractivity contribution in [2.75, 3.05) is 32.7 Å². The van der Waals surface area contributed by atoms with Crippen LogP contribution in [0.3, 0.4) is 0 Å². The van der Waals surface area contributed by atoms with Gasteiger partial charge in [0.05, 0.1) is 6.42 Å². The molecule has 0 aliphatic carbocycles. The number of piperazine rings is 1. The molecule has 1 N–H and O–H groups in total. The summed E-state index contributed by atoms with van der Waals surface area (Å²) in [4.78, 5) is 27.8. The molecule has 1 aliphatic heterocycles. The average Bonchev–Trinajstić information content (AvgIpc) is 2.51. The fourth-order valence-electron chi connectivity index (χ4n) is 2.69. The van der Waals surface area contributed by atoms with E-state index in [1.165, 1.54) is 5.56 Å². The molecule has 2 rings (SSSR count). The minimum atomic E-state index is -0.0378. The second kappa shape index (κ2) is 7.29. The molecule has 1 aromatic carbocycles. The van der Waals surface area contributed by atoms with Crippen molar-refractivity contribution in [1.82, 2.24) is 15.1 Å². The highest BCUT2D eigenvalue weighted by atomic mass is 16.2. The summed E-state index contributed by atoms with van der Waals surface area (Å²) >= 11 is 0. The number of carbonyl (C=O) groups excluding carboxylic acids is 2. The van der Waals surface area contributed by atoms with Crippen molar-refractivity contribution in [2.24, 2.45) is 0 Å². The maximum absolute atomic E-state index is 12.4. The standard InChI is InChI=1S/C17H25N3O2/c1-4-18-17(22)20-9-7-19(8-10-20)16(21)12-15-11-13(2)5-6-14(15)3/h5-6,11H,4,7-10,12H2,1-3H3,(H,18,22). The molecule has 1 aromatic rings. The first kappa shape index (κ1) is 16.3. The highest BCUT2D eigenvalue weighted by Crippen LogP contribution is 2.13. The van der Waals surface area contributed by atoms with E-state index in [1.807, 2.05) is 25.7 Å². The van der Waals surface area contributed by atoms with Crippen LogP contribution in [0.1, 0.15) is 23.6 Å². The zero-order valence-corrected chi connectivity index (χ0v) is 13.7. The third-order valence-electron chi connectivity index (χ3n) is 4.09. The molecule has 1 fully saturated rings. The molecule has 0 spiro atoms. The van der Waals surface area contributed by atoms with Crippen LogP contribution in [0.15, 0.2) is 18.2 Å². The van der Waals surface area contributed by atoms with Gasteiger partial charge in [-0.25, -0.2) is 4.79 Å². The van der Waals surface area contributed by atoms with E-state index in [2.05, 4.69) is 23.5 Å². The summed E-state index contributed by atoms with van der Waals surface area (Å²) in [7, 11) is 0. The third-order valence-corrected chi connectivity index (χ3v) is 4.09. The van der Waals surface area contributed by atoms with Gasteiger partial charge in [-0.3, -0.25) is 4.79 Å². The first-order valence-electron chi connectivity index (χ1n) is 7.88. The van der Waals surface area contributed by atoms with Crippen molar-refractivity contribution in [3.8, 4) is 0 Å². The van der Waals surface area contributed by atoms with Crippen molar-refractivity contribution in [3.63, 3.8) is 0 Å². The van der Waals surface area contributed by atoms with Gasteiger partial charge in [0.15, 0.2) is 0 Å². The van der Waals surface area contributed by atoms with E-state index >= 15 is 0 Å². The van der Waals surface area contributed by atoms with E-state index in [1.54, 1.807) is 4.90 Å². The Labute approximate surface area is 132 Å². The number of rotatable bonds is 3. The van der Waals surface area contributed by atoms with Crippen LogP contribution in [0.25, 0.3) is 0 Å². The van der Waals surface area contributed by atoms with E-state index in [9.17, 15) is 9.59 Å². The lowest BCUT2D eigenvalue weighted by molar-refractivity contribution is -0.131. The van der Waals surface area contributed by atoms with Crippen molar-refractivity contribution < 1.29 is 9.59 Å². The summed E-state index contributed by atoms with van der Waals surface area (Å²) in [6.45, 7) is 9.04. The van der Waals surface area contributed by atoms with Crippen LogP contribution in [-0.4, -0.2) is 54.5 Å². The number of hydrogen-bond acceptors (Lipinski definition) is 2.